The Morgan fingerprint density at radius 1 is 1.28 bits per heavy atom. The highest BCUT2D eigenvalue weighted by atomic mass is 19.4. The van der Waals surface area contributed by atoms with Crippen molar-refractivity contribution in [3.8, 4) is 0 Å². The Morgan fingerprint density at radius 3 is 2.56 bits per heavy atom. The van der Waals surface area contributed by atoms with Gasteiger partial charge in [0.1, 0.15) is 0 Å². The molecular weight excluding hydrogens is 337 g/mol. The molecule has 0 bridgehead atoms. The summed E-state index contributed by atoms with van der Waals surface area (Å²) in [6, 6.07) is 6.52. The van der Waals surface area contributed by atoms with Gasteiger partial charge in [0.15, 0.2) is 0 Å². The van der Waals surface area contributed by atoms with E-state index in [2.05, 4.69) is 5.32 Å². The van der Waals surface area contributed by atoms with Gasteiger partial charge in [-0.2, -0.15) is 13.2 Å². The summed E-state index contributed by atoms with van der Waals surface area (Å²) < 4.78 is 43.0. The Hall–Kier alpha value is -2.09. The van der Waals surface area contributed by atoms with Crippen molar-refractivity contribution in [1.82, 2.24) is 4.90 Å². The third-order valence-electron chi connectivity index (χ3n) is 4.07. The lowest BCUT2D eigenvalue weighted by atomic mass is 9.99. The van der Waals surface area contributed by atoms with E-state index in [0.717, 1.165) is 4.90 Å². The van der Waals surface area contributed by atoms with Gasteiger partial charge in [-0.25, -0.2) is 0 Å². The summed E-state index contributed by atoms with van der Waals surface area (Å²) in [6.45, 7) is 2.35. The Morgan fingerprint density at radius 2 is 1.96 bits per heavy atom. The smallest absolute Gasteiger partial charge is 0.381 e. The lowest BCUT2D eigenvalue weighted by Gasteiger charge is -2.23. The molecule has 1 aromatic carbocycles. The highest BCUT2D eigenvalue weighted by molar-refractivity contribution is 5.92. The highest BCUT2D eigenvalue weighted by Gasteiger charge is 2.41. The summed E-state index contributed by atoms with van der Waals surface area (Å²) in [6.07, 6.45) is -3.60. The van der Waals surface area contributed by atoms with Gasteiger partial charge in [0.2, 0.25) is 5.91 Å². The summed E-state index contributed by atoms with van der Waals surface area (Å²) in [5, 5.41) is 2.78. The van der Waals surface area contributed by atoms with Gasteiger partial charge in [-0.05, 0) is 37.5 Å². The van der Waals surface area contributed by atoms with Crippen molar-refractivity contribution in [2.75, 3.05) is 25.1 Å². The molecule has 0 atom stereocenters. The van der Waals surface area contributed by atoms with Crippen LogP contribution in [0.4, 0.5) is 18.9 Å². The van der Waals surface area contributed by atoms with Gasteiger partial charge in [-0.15, -0.1) is 0 Å². The van der Waals surface area contributed by atoms with E-state index in [0.29, 0.717) is 37.3 Å². The predicted molar refractivity (Wildman–Crippen MR) is 85.8 cm³/mol. The number of anilines is 1. The Labute approximate surface area is 144 Å². The number of carbonyl (C=O) groups excluding carboxylic acids is 2. The third kappa shape index (κ3) is 5.45. The van der Waals surface area contributed by atoms with Crippen LogP contribution in [-0.2, 0) is 20.9 Å². The molecule has 5 nitrogen and oxygen atoms in total. The number of nitrogens with zero attached hydrogens (tertiary/aromatic N) is 1. The van der Waals surface area contributed by atoms with Crippen LogP contribution in [0.1, 0.15) is 25.3 Å². The van der Waals surface area contributed by atoms with Crippen molar-refractivity contribution in [3.05, 3.63) is 29.8 Å². The second-order valence-electron chi connectivity index (χ2n) is 5.89. The molecular formula is C17H21F3N2O3. The van der Waals surface area contributed by atoms with Crippen LogP contribution in [-0.4, -0.2) is 42.6 Å². The zero-order valence-electron chi connectivity index (χ0n) is 13.9. The minimum absolute atomic E-state index is 0.0585. The number of benzene rings is 1. The number of nitrogens with one attached hydrogen (secondary N) is 1. The fourth-order valence-corrected chi connectivity index (χ4v) is 2.68. The number of hydrogen-bond donors (Lipinski definition) is 1. The van der Waals surface area contributed by atoms with E-state index >= 15 is 0 Å². The largest absolute Gasteiger partial charge is 0.471 e. The second kappa shape index (κ2) is 8.33. The Balaban J connectivity index is 2.02. The molecule has 1 fully saturated rings. The van der Waals surface area contributed by atoms with E-state index in [4.69, 9.17) is 4.74 Å². The first-order chi connectivity index (χ1) is 11.8. The van der Waals surface area contributed by atoms with Crippen LogP contribution in [0.2, 0.25) is 0 Å². The molecule has 1 aromatic rings. The lowest BCUT2D eigenvalue weighted by Crippen LogP contribution is -2.40. The first kappa shape index (κ1) is 19.2. The van der Waals surface area contributed by atoms with E-state index < -0.39 is 12.1 Å². The summed E-state index contributed by atoms with van der Waals surface area (Å²) in [4.78, 5) is 24.3. The van der Waals surface area contributed by atoms with Gasteiger partial charge < -0.3 is 15.0 Å². The topological polar surface area (TPSA) is 58.6 Å². The SMILES string of the molecule is CCN(Cc1cccc(NC(=O)C2CCOCC2)c1)C(=O)C(F)(F)F. The number of halogens is 3. The molecule has 0 aliphatic carbocycles. The molecule has 1 heterocycles. The molecule has 0 aromatic heterocycles. The fraction of sp³-hybridized carbons (Fsp3) is 0.529. The average Bonchev–Trinajstić information content (AvgIpc) is 2.59. The number of alkyl halides is 3. The maximum Gasteiger partial charge on any atom is 0.471 e. The van der Waals surface area contributed by atoms with Crippen molar-refractivity contribution in [2.45, 2.75) is 32.5 Å². The van der Waals surface area contributed by atoms with Gasteiger partial charge in [-0.1, -0.05) is 12.1 Å². The van der Waals surface area contributed by atoms with Crippen molar-refractivity contribution < 1.29 is 27.5 Å². The Kier molecular flexibility index (Phi) is 6.41. The standard InChI is InChI=1S/C17H21F3N2O3/c1-2-22(16(24)17(18,19)20)11-12-4-3-5-14(10-12)21-15(23)13-6-8-25-9-7-13/h3-5,10,13H,2,6-9,11H2,1H3,(H,21,23). The van der Waals surface area contributed by atoms with Crippen LogP contribution >= 0.6 is 0 Å². The number of amides is 2. The van der Waals surface area contributed by atoms with Gasteiger partial charge in [0.25, 0.3) is 0 Å². The van der Waals surface area contributed by atoms with E-state index in [-0.39, 0.29) is 24.9 Å². The molecule has 1 aliphatic rings. The molecule has 2 amide bonds. The number of carbonyl (C=O) groups is 2. The summed E-state index contributed by atoms with van der Waals surface area (Å²) in [7, 11) is 0. The maximum atomic E-state index is 12.6. The van der Waals surface area contributed by atoms with Crippen molar-refractivity contribution in [1.29, 1.82) is 0 Å². The van der Waals surface area contributed by atoms with E-state index in [9.17, 15) is 22.8 Å². The monoisotopic (exact) mass is 358 g/mol. The molecule has 8 heteroatoms. The van der Waals surface area contributed by atoms with Crippen LogP contribution in [0, 0.1) is 5.92 Å². The second-order valence-corrected chi connectivity index (χ2v) is 5.89. The van der Waals surface area contributed by atoms with Gasteiger partial charge >= 0.3 is 12.1 Å². The molecule has 1 N–H and O–H groups in total. The van der Waals surface area contributed by atoms with Gasteiger partial charge in [-0.3, -0.25) is 9.59 Å². The molecule has 138 valence electrons. The lowest BCUT2D eigenvalue weighted by molar-refractivity contribution is -0.185. The average molecular weight is 358 g/mol. The first-order valence-electron chi connectivity index (χ1n) is 8.15. The molecule has 1 aliphatic heterocycles. The summed E-state index contributed by atoms with van der Waals surface area (Å²) in [5.41, 5.74) is 1.02. The zero-order chi connectivity index (χ0) is 18.4. The van der Waals surface area contributed by atoms with Gasteiger partial charge in [0.05, 0.1) is 0 Å². The zero-order valence-corrected chi connectivity index (χ0v) is 13.9. The van der Waals surface area contributed by atoms with Crippen LogP contribution in [0.15, 0.2) is 24.3 Å². The molecule has 1 saturated heterocycles. The predicted octanol–water partition coefficient (Wildman–Crippen LogP) is 2.96. The number of hydrogen-bond acceptors (Lipinski definition) is 3. The highest BCUT2D eigenvalue weighted by Crippen LogP contribution is 2.22. The summed E-state index contributed by atoms with van der Waals surface area (Å²) >= 11 is 0. The third-order valence-corrected chi connectivity index (χ3v) is 4.07. The maximum absolute atomic E-state index is 12.6. The summed E-state index contributed by atoms with van der Waals surface area (Å²) in [5.74, 6) is -2.12. The van der Waals surface area contributed by atoms with Crippen LogP contribution in [0.5, 0.6) is 0 Å². The van der Waals surface area contributed by atoms with Crippen molar-refractivity contribution in [2.24, 2.45) is 5.92 Å². The van der Waals surface area contributed by atoms with Crippen LogP contribution in [0.25, 0.3) is 0 Å². The molecule has 25 heavy (non-hydrogen) atoms. The number of rotatable bonds is 5. The molecule has 0 spiro atoms. The van der Waals surface area contributed by atoms with E-state index in [1.54, 1.807) is 24.3 Å². The molecule has 0 radical (unpaired) electrons. The first-order valence-corrected chi connectivity index (χ1v) is 8.15. The molecule has 0 saturated carbocycles. The molecule has 0 unspecified atom stereocenters. The van der Waals surface area contributed by atoms with E-state index in [1.165, 1.54) is 6.92 Å². The van der Waals surface area contributed by atoms with Crippen LogP contribution < -0.4 is 5.32 Å². The van der Waals surface area contributed by atoms with Crippen molar-refractivity contribution in [3.63, 3.8) is 0 Å². The van der Waals surface area contributed by atoms with Crippen molar-refractivity contribution >= 4 is 17.5 Å². The number of ether oxygens (including phenoxy) is 1. The minimum Gasteiger partial charge on any atom is -0.381 e. The fourth-order valence-electron chi connectivity index (χ4n) is 2.68. The molecule has 2 rings (SSSR count). The van der Waals surface area contributed by atoms with Gasteiger partial charge in [0, 0.05) is 37.9 Å². The quantitative estimate of drug-likeness (QED) is 0.880. The normalized spacial score (nSPS) is 15.7. The van der Waals surface area contributed by atoms with E-state index in [1.807, 2.05) is 0 Å². The van der Waals surface area contributed by atoms with Crippen LogP contribution in [0.3, 0.4) is 0 Å². The minimum atomic E-state index is -4.90. The Bertz CT molecular complexity index is 613.